The topological polar surface area (TPSA) is 100 Å². The van der Waals surface area contributed by atoms with Gasteiger partial charge in [0.05, 0.1) is 0 Å². The Hall–Kier alpha value is -3.34. The van der Waals surface area contributed by atoms with E-state index in [0.717, 1.165) is 61.4 Å². The molecular formula is C33H44ClN7O3. The number of fused-ring (bicyclic) bond motifs is 1. The number of hydrogen-bond acceptors (Lipinski definition) is 5. The molecule has 0 saturated carbocycles. The summed E-state index contributed by atoms with van der Waals surface area (Å²) in [5, 5.41) is 10.2. The average molecular weight is 622 g/mol. The number of aryl methyl sites for hydroxylation is 1. The molecule has 3 saturated heterocycles. The van der Waals surface area contributed by atoms with Crippen LogP contribution in [0.2, 0.25) is 5.02 Å². The Bertz CT molecular complexity index is 1350. The van der Waals surface area contributed by atoms with Gasteiger partial charge in [0.15, 0.2) is 0 Å². The van der Waals surface area contributed by atoms with Crippen molar-refractivity contribution in [2.24, 2.45) is 0 Å². The van der Waals surface area contributed by atoms with Gasteiger partial charge in [0.2, 0.25) is 5.91 Å². The number of halogens is 1. The van der Waals surface area contributed by atoms with E-state index in [4.69, 9.17) is 11.6 Å². The van der Waals surface area contributed by atoms with Crippen LogP contribution in [0.15, 0.2) is 42.5 Å². The van der Waals surface area contributed by atoms with Gasteiger partial charge >= 0.3 is 12.1 Å². The molecule has 6 rings (SSSR count). The van der Waals surface area contributed by atoms with E-state index in [2.05, 4.69) is 20.9 Å². The van der Waals surface area contributed by atoms with Crippen LogP contribution in [0.1, 0.15) is 42.4 Å². The Balaban J connectivity index is 1.08. The first kappa shape index (κ1) is 30.7. The van der Waals surface area contributed by atoms with Gasteiger partial charge in [-0.2, -0.15) is 0 Å². The highest BCUT2D eigenvalue weighted by Crippen LogP contribution is 2.28. The number of carbonyl (C=O) groups is 3. The van der Waals surface area contributed by atoms with E-state index in [-0.39, 0.29) is 24.0 Å². The third-order valence-electron chi connectivity index (χ3n) is 9.76. The molecule has 3 fully saturated rings. The number of para-hydroxylation sites is 1. The fourth-order valence-electron chi connectivity index (χ4n) is 7.13. The smallest absolute Gasteiger partial charge is 0.322 e. The first-order chi connectivity index (χ1) is 21.4. The monoisotopic (exact) mass is 621 g/mol. The van der Waals surface area contributed by atoms with E-state index in [9.17, 15) is 14.4 Å². The number of carbonyl (C=O) groups excluding carboxylic acids is 3. The van der Waals surface area contributed by atoms with Crippen LogP contribution in [-0.4, -0.2) is 108 Å². The van der Waals surface area contributed by atoms with Gasteiger partial charge in [-0.3, -0.25) is 9.69 Å². The van der Waals surface area contributed by atoms with E-state index < -0.39 is 6.04 Å². The Morgan fingerprint density at radius 1 is 0.932 bits per heavy atom. The largest absolute Gasteiger partial charge is 0.341 e. The molecule has 4 aliphatic heterocycles. The maximum Gasteiger partial charge on any atom is 0.322 e. The second-order valence-corrected chi connectivity index (χ2v) is 13.0. The minimum Gasteiger partial charge on any atom is -0.341 e. The molecule has 5 amide bonds. The number of piperidine rings is 2. The van der Waals surface area contributed by atoms with E-state index in [0.29, 0.717) is 63.1 Å². The molecule has 44 heavy (non-hydrogen) atoms. The summed E-state index contributed by atoms with van der Waals surface area (Å²) in [7, 11) is 0. The normalized spacial score (nSPS) is 21.0. The fraction of sp³-hybridized carbons (Fsp3) is 0.545. The number of amides is 5. The van der Waals surface area contributed by atoms with Crippen LogP contribution in [0.3, 0.4) is 0 Å². The van der Waals surface area contributed by atoms with Gasteiger partial charge in [0.1, 0.15) is 6.04 Å². The van der Waals surface area contributed by atoms with Crippen molar-refractivity contribution in [1.29, 1.82) is 0 Å². The Kier molecular flexibility index (Phi) is 9.59. The van der Waals surface area contributed by atoms with Crippen molar-refractivity contribution in [3.05, 3.63) is 64.2 Å². The average Bonchev–Trinajstić information content (AvgIpc) is 3.06. The minimum absolute atomic E-state index is 0.0248. The van der Waals surface area contributed by atoms with Crippen LogP contribution < -0.4 is 16.0 Å². The van der Waals surface area contributed by atoms with Crippen molar-refractivity contribution >= 4 is 35.3 Å². The number of benzene rings is 2. The van der Waals surface area contributed by atoms with E-state index in [1.165, 1.54) is 0 Å². The maximum absolute atomic E-state index is 13.9. The molecule has 2 aromatic carbocycles. The minimum atomic E-state index is -0.666. The standard InChI is InChI=1S/C33H44ClN7O3/c1-23-20-24(6-7-28(23)34)21-30(31(42)39-14-8-26(9-15-39)38-18-12-35-13-19-38)37-32(43)40-16-10-27(11-17-40)41-22-25-4-2-3-5-29(25)36-33(41)44/h2-7,20,26-27,30,35H,8-19,21-22H2,1H3,(H,36,44)(H,37,43). The molecule has 236 valence electrons. The van der Waals surface area contributed by atoms with Gasteiger partial charge in [-0.1, -0.05) is 41.9 Å². The number of nitrogens with zero attached hydrogens (tertiary/aromatic N) is 4. The van der Waals surface area contributed by atoms with Crippen molar-refractivity contribution < 1.29 is 14.4 Å². The molecule has 1 unspecified atom stereocenters. The number of likely N-dealkylation sites (tertiary alicyclic amines) is 2. The molecule has 0 radical (unpaired) electrons. The molecule has 4 heterocycles. The Morgan fingerprint density at radius 3 is 2.34 bits per heavy atom. The summed E-state index contributed by atoms with van der Waals surface area (Å²) in [6, 6.07) is 13.2. The highest BCUT2D eigenvalue weighted by Gasteiger charge is 2.35. The van der Waals surface area contributed by atoms with Crippen molar-refractivity contribution in [2.45, 2.75) is 63.7 Å². The highest BCUT2D eigenvalue weighted by atomic mass is 35.5. The summed E-state index contributed by atoms with van der Waals surface area (Å²) in [4.78, 5) is 48.5. The SMILES string of the molecule is Cc1cc(CC(NC(=O)N2CCC(N3Cc4ccccc4NC3=O)CC2)C(=O)N2CCC(N3CCNCC3)CC2)ccc1Cl. The molecule has 10 nitrogen and oxygen atoms in total. The molecule has 0 bridgehead atoms. The van der Waals surface area contributed by atoms with Crippen LogP contribution in [0.4, 0.5) is 15.3 Å². The first-order valence-electron chi connectivity index (χ1n) is 16.1. The van der Waals surface area contributed by atoms with E-state index >= 15 is 0 Å². The predicted molar refractivity (Wildman–Crippen MR) is 172 cm³/mol. The zero-order valence-electron chi connectivity index (χ0n) is 25.6. The lowest BCUT2D eigenvalue weighted by atomic mass is 9.99. The predicted octanol–water partition coefficient (Wildman–Crippen LogP) is 3.68. The quantitative estimate of drug-likeness (QED) is 0.457. The summed E-state index contributed by atoms with van der Waals surface area (Å²) in [5.74, 6) is -0.0248. The number of nitrogens with one attached hydrogen (secondary N) is 3. The Morgan fingerprint density at radius 2 is 1.61 bits per heavy atom. The maximum atomic E-state index is 13.9. The number of piperazine rings is 1. The lowest BCUT2D eigenvalue weighted by molar-refractivity contribution is -0.134. The zero-order valence-corrected chi connectivity index (χ0v) is 26.3. The van der Waals surface area contributed by atoms with Gasteiger partial charge in [0, 0.05) is 88.1 Å². The van der Waals surface area contributed by atoms with Gasteiger partial charge in [0.25, 0.3) is 0 Å². The number of urea groups is 2. The zero-order chi connectivity index (χ0) is 30.6. The molecule has 0 aliphatic carbocycles. The Labute approximate surface area is 265 Å². The fourth-order valence-corrected chi connectivity index (χ4v) is 7.24. The summed E-state index contributed by atoms with van der Waals surface area (Å²) < 4.78 is 0. The number of rotatable bonds is 6. The molecule has 3 N–H and O–H groups in total. The van der Waals surface area contributed by atoms with Gasteiger partial charge < -0.3 is 30.7 Å². The molecule has 0 aromatic heterocycles. The molecule has 1 atom stereocenters. The summed E-state index contributed by atoms with van der Waals surface area (Å²) >= 11 is 6.28. The summed E-state index contributed by atoms with van der Waals surface area (Å²) in [6.45, 7) is 9.12. The van der Waals surface area contributed by atoms with Gasteiger partial charge in [-0.05, 0) is 61.4 Å². The summed E-state index contributed by atoms with van der Waals surface area (Å²) in [6.07, 6.45) is 3.70. The second kappa shape index (κ2) is 13.7. The molecule has 2 aromatic rings. The van der Waals surface area contributed by atoms with Crippen LogP contribution in [0, 0.1) is 6.92 Å². The van der Waals surface area contributed by atoms with Gasteiger partial charge in [-0.15, -0.1) is 0 Å². The molecule has 11 heteroatoms. The van der Waals surface area contributed by atoms with Crippen molar-refractivity contribution in [1.82, 2.24) is 30.2 Å². The van der Waals surface area contributed by atoms with E-state index in [1.54, 1.807) is 4.90 Å². The second-order valence-electron chi connectivity index (χ2n) is 12.6. The number of hydrogen-bond donors (Lipinski definition) is 3. The van der Waals surface area contributed by atoms with Crippen molar-refractivity contribution in [3.63, 3.8) is 0 Å². The van der Waals surface area contributed by atoms with Crippen molar-refractivity contribution in [3.8, 4) is 0 Å². The molecule has 4 aliphatic rings. The molecular weight excluding hydrogens is 578 g/mol. The lowest BCUT2D eigenvalue weighted by Crippen LogP contribution is -2.58. The molecule has 0 spiro atoms. The third-order valence-corrected chi connectivity index (χ3v) is 10.2. The first-order valence-corrected chi connectivity index (χ1v) is 16.4. The highest BCUT2D eigenvalue weighted by molar-refractivity contribution is 6.31. The lowest BCUT2D eigenvalue weighted by Gasteiger charge is -2.42. The van der Waals surface area contributed by atoms with Crippen molar-refractivity contribution in [2.75, 3.05) is 57.7 Å². The van der Waals surface area contributed by atoms with Gasteiger partial charge in [-0.25, -0.2) is 9.59 Å². The van der Waals surface area contributed by atoms with Crippen LogP contribution >= 0.6 is 11.6 Å². The van der Waals surface area contributed by atoms with E-state index in [1.807, 2.05) is 59.2 Å². The number of anilines is 1. The summed E-state index contributed by atoms with van der Waals surface area (Å²) in [5.41, 5.74) is 3.88. The third kappa shape index (κ3) is 6.98. The van der Waals surface area contributed by atoms with Crippen LogP contribution in [0.5, 0.6) is 0 Å². The van der Waals surface area contributed by atoms with Crippen LogP contribution in [0.25, 0.3) is 0 Å². The van der Waals surface area contributed by atoms with Crippen LogP contribution in [-0.2, 0) is 17.8 Å².